The molecule has 118 valence electrons. The Morgan fingerprint density at radius 1 is 1.18 bits per heavy atom. The molecule has 0 radical (unpaired) electrons. The predicted octanol–water partition coefficient (Wildman–Crippen LogP) is 4.93. The van der Waals surface area contributed by atoms with Crippen molar-refractivity contribution in [1.29, 1.82) is 0 Å². The maximum atomic E-state index is 13.0. The number of hydrogen-bond donors (Lipinski definition) is 1. The lowest BCUT2D eigenvalue weighted by atomic mass is 10.1. The van der Waals surface area contributed by atoms with E-state index in [-0.39, 0.29) is 11.8 Å². The SMILES string of the molecule is CC(NCc1ccccc1OC(F)F)c1ccc(F)cc1Cl. The second-order valence-electron chi connectivity index (χ2n) is 4.75. The van der Waals surface area contributed by atoms with Crippen LogP contribution in [0.1, 0.15) is 24.1 Å². The van der Waals surface area contributed by atoms with E-state index in [0.29, 0.717) is 17.1 Å². The molecule has 0 amide bonds. The van der Waals surface area contributed by atoms with Gasteiger partial charge in [-0.3, -0.25) is 0 Å². The summed E-state index contributed by atoms with van der Waals surface area (Å²) in [6.45, 7) is -0.696. The van der Waals surface area contributed by atoms with Gasteiger partial charge in [0.2, 0.25) is 0 Å². The molecule has 2 rings (SSSR count). The molecule has 0 bridgehead atoms. The Morgan fingerprint density at radius 3 is 2.59 bits per heavy atom. The first-order valence-electron chi connectivity index (χ1n) is 6.68. The van der Waals surface area contributed by atoms with Gasteiger partial charge in [0.05, 0.1) is 0 Å². The van der Waals surface area contributed by atoms with Crippen molar-refractivity contribution in [2.45, 2.75) is 26.1 Å². The molecule has 2 aromatic rings. The van der Waals surface area contributed by atoms with E-state index in [1.54, 1.807) is 24.3 Å². The zero-order valence-electron chi connectivity index (χ0n) is 11.8. The van der Waals surface area contributed by atoms with Crippen molar-refractivity contribution in [3.63, 3.8) is 0 Å². The molecule has 0 spiro atoms. The predicted molar refractivity (Wildman–Crippen MR) is 79.7 cm³/mol. The summed E-state index contributed by atoms with van der Waals surface area (Å²) in [6.07, 6.45) is 0. The number of benzene rings is 2. The average molecular weight is 330 g/mol. The Bertz CT molecular complexity index is 637. The number of nitrogens with one attached hydrogen (secondary N) is 1. The molecule has 0 saturated carbocycles. The van der Waals surface area contributed by atoms with E-state index in [4.69, 9.17) is 11.6 Å². The fraction of sp³-hybridized carbons (Fsp3) is 0.250. The van der Waals surface area contributed by atoms with E-state index in [1.807, 2.05) is 6.92 Å². The van der Waals surface area contributed by atoms with Crippen molar-refractivity contribution < 1.29 is 17.9 Å². The molecule has 0 aliphatic heterocycles. The van der Waals surface area contributed by atoms with Gasteiger partial charge in [0.25, 0.3) is 0 Å². The maximum Gasteiger partial charge on any atom is 0.387 e. The number of para-hydroxylation sites is 1. The summed E-state index contributed by atoms with van der Waals surface area (Å²) >= 11 is 6.00. The van der Waals surface area contributed by atoms with Crippen LogP contribution in [0.4, 0.5) is 13.2 Å². The van der Waals surface area contributed by atoms with Gasteiger partial charge in [-0.2, -0.15) is 8.78 Å². The van der Waals surface area contributed by atoms with Crippen molar-refractivity contribution in [1.82, 2.24) is 5.32 Å². The third-order valence-corrected chi connectivity index (χ3v) is 3.54. The first-order valence-corrected chi connectivity index (χ1v) is 7.06. The lowest BCUT2D eigenvalue weighted by Gasteiger charge is -2.17. The zero-order valence-corrected chi connectivity index (χ0v) is 12.6. The fourth-order valence-electron chi connectivity index (χ4n) is 2.09. The molecule has 2 nitrogen and oxygen atoms in total. The smallest absolute Gasteiger partial charge is 0.387 e. The molecule has 2 aromatic carbocycles. The second-order valence-corrected chi connectivity index (χ2v) is 5.16. The normalized spacial score (nSPS) is 12.5. The summed E-state index contributed by atoms with van der Waals surface area (Å²) in [4.78, 5) is 0. The van der Waals surface area contributed by atoms with Crippen LogP contribution in [0.15, 0.2) is 42.5 Å². The molecule has 0 heterocycles. The molecule has 0 fully saturated rings. The number of halogens is 4. The Morgan fingerprint density at radius 2 is 1.91 bits per heavy atom. The first-order chi connectivity index (χ1) is 10.5. The molecule has 0 aliphatic carbocycles. The summed E-state index contributed by atoms with van der Waals surface area (Å²) in [7, 11) is 0. The highest BCUT2D eigenvalue weighted by molar-refractivity contribution is 6.31. The van der Waals surface area contributed by atoms with E-state index in [1.165, 1.54) is 18.2 Å². The van der Waals surface area contributed by atoms with Gasteiger partial charge in [-0.25, -0.2) is 4.39 Å². The summed E-state index contributed by atoms with van der Waals surface area (Å²) < 4.78 is 42.2. The Labute approximate surface area is 131 Å². The maximum absolute atomic E-state index is 13.0. The van der Waals surface area contributed by atoms with Crippen molar-refractivity contribution in [3.05, 3.63) is 64.4 Å². The molecular weight excluding hydrogens is 315 g/mol. The zero-order chi connectivity index (χ0) is 16.1. The minimum absolute atomic E-state index is 0.127. The average Bonchev–Trinajstić information content (AvgIpc) is 2.45. The van der Waals surface area contributed by atoms with Crippen LogP contribution in [0.5, 0.6) is 5.75 Å². The summed E-state index contributed by atoms with van der Waals surface area (Å²) in [5.41, 5.74) is 1.34. The number of alkyl halides is 2. The van der Waals surface area contributed by atoms with Crippen LogP contribution >= 0.6 is 11.6 Å². The van der Waals surface area contributed by atoms with Crippen LogP contribution < -0.4 is 10.1 Å². The highest BCUT2D eigenvalue weighted by atomic mass is 35.5. The molecule has 0 aromatic heterocycles. The molecule has 0 saturated heterocycles. The lowest BCUT2D eigenvalue weighted by molar-refractivity contribution is -0.0505. The van der Waals surface area contributed by atoms with Gasteiger partial charge in [-0.05, 0) is 30.7 Å². The van der Waals surface area contributed by atoms with Crippen LogP contribution in [-0.2, 0) is 6.54 Å². The van der Waals surface area contributed by atoms with Crippen LogP contribution in [0.2, 0.25) is 5.02 Å². The molecule has 1 N–H and O–H groups in total. The molecule has 1 atom stereocenters. The highest BCUT2D eigenvalue weighted by Crippen LogP contribution is 2.25. The minimum atomic E-state index is -2.87. The number of hydrogen-bond acceptors (Lipinski definition) is 2. The van der Waals surface area contributed by atoms with Crippen LogP contribution in [0.25, 0.3) is 0 Å². The van der Waals surface area contributed by atoms with E-state index in [2.05, 4.69) is 10.1 Å². The highest BCUT2D eigenvalue weighted by Gasteiger charge is 2.13. The third kappa shape index (κ3) is 4.39. The number of ether oxygens (including phenoxy) is 1. The van der Waals surface area contributed by atoms with Crippen molar-refractivity contribution in [2.75, 3.05) is 0 Å². The molecule has 6 heteroatoms. The van der Waals surface area contributed by atoms with E-state index in [0.717, 1.165) is 5.56 Å². The van der Waals surface area contributed by atoms with Crippen molar-refractivity contribution in [3.8, 4) is 5.75 Å². The number of rotatable bonds is 6. The van der Waals surface area contributed by atoms with Crippen LogP contribution in [0.3, 0.4) is 0 Å². The molecule has 22 heavy (non-hydrogen) atoms. The summed E-state index contributed by atoms with van der Waals surface area (Å²) in [6, 6.07) is 10.5. The van der Waals surface area contributed by atoms with E-state index < -0.39 is 12.4 Å². The minimum Gasteiger partial charge on any atom is -0.434 e. The Balaban J connectivity index is 2.06. The van der Waals surface area contributed by atoms with Gasteiger partial charge < -0.3 is 10.1 Å². The van der Waals surface area contributed by atoms with Gasteiger partial charge >= 0.3 is 6.61 Å². The fourth-order valence-corrected chi connectivity index (χ4v) is 2.42. The van der Waals surface area contributed by atoms with Gasteiger partial charge in [0.15, 0.2) is 0 Å². The van der Waals surface area contributed by atoms with Gasteiger partial charge in [0, 0.05) is 23.2 Å². The van der Waals surface area contributed by atoms with Crippen LogP contribution in [0, 0.1) is 5.82 Å². The third-order valence-electron chi connectivity index (χ3n) is 3.22. The topological polar surface area (TPSA) is 21.3 Å². The Hall–Kier alpha value is -1.72. The van der Waals surface area contributed by atoms with Crippen LogP contribution in [-0.4, -0.2) is 6.61 Å². The molecule has 1 unspecified atom stereocenters. The van der Waals surface area contributed by atoms with Gasteiger partial charge in [-0.15, -0.1) is 0 Å². The Kier molecular flexibility index (Phi) is 5.69. The van der Waals surface area contributed by atoms with E-state index >= 15 is 0 Å². The van der Waals surface area contributed by atoms with Crippen molar-refractivity contribution >= 4 is 11.6 Å². The largest absolute Gasteiger partial charge is 0.434 e. The summed E-state index contributed by atoms with van der Waals surface area (Å²) in [5.74, 6) is -0.279. The second kappa shape index (κ2) is 7.51. The molecular formula is C16H15ClF3NO. The van der Waals surface area contributed by atoms with Crippen molar-refractivity contribution in [2.24, 2.45) is 0 Å². The first kappa shape index (κ1) is 16.6. The quantitative estimate of drug-likeness (QED) is 0.811. The van der Waals surface area contributed by atoms with E-state index in [9.17, 15) is 13.2 Å². The lowest BCUT2D eigenvalue weighted by Crippen LogP contribution is -2.19. The monoisotopic (exact) mass is 329 g/mol. The summed E-state index contributed by atoms with van der Waals surface area (Å²) in [5, 5.41) is 3.47. The van der Waals surface area contributed by atoms with Gasteiger partial charge in [-0.1, -0.05) is 35.9 Å². The standard InChI is InChI=1S/C16H15ClF3NO/c1-10(13-7-6-12(18)8-14(13)17)21-9-11-4-2-3-5-15(11)22-16(19)20/h2-8,10,16,21H,9H2,1H3. The van der Waals surface area contributed by atoms with Gasteiger partial charge in [0.1, 0.15) is 11.6 Å². The molecule has 0 aliphatic rings.